The number of rotatable bonds is 8. The summed E-state index contributed by atoms with van der Waals surface area (Å²) in [5.41, 5.74) is 5.42. The van der Waals surface area contributed by atoms with Crippen LogP contribution >= 0.6 is 48.0 Å². The van der Waals surface area contributed by atoms with Crippen molar-refractivity contribution in [2.45, 2.75) is 20.3 Å². The second kappa shape index (κ2) is 14.9. The maximum atomic E-state index is 13.2. The number of nitrogens with one attached hydrogen (secondary N) is 1. The molecule has 41 heavy (non-hydrogen) atoms. The van der Waals surface area contributed by atoms with Gasteiger partial charge in [-0.15, -0.1) is 24.8 Å². The number of aryl methyl sites for hydroxylation is 1. The zero-order valence-electron chi connectivity index (χ0n) is 23.1. The van der Waals surface area contributed by atoms with Crippen LogP contribution < -0.4 is 10.2 Å². The first-order valence-corrected chi connectivity index (χ1v) is 14.1. The van der Waals surface area contributed by atoms with Crippen LogP contribution in [0, 0.1) is 13.8 Å². The number of hydrogen-bond donors (Lipinski definition) is 1. The van der Waals surface area contributed by atoms with Crippen LogP contribution in [-0.4, -0.2) is 59.6 Å². The van der Waals surface area contributed by atoms with Gasteiger partial charge in [-0.2, -0.15) is 0 Å². The minimum absolute atomic E-state index is 0. The van der Waals surface area contributed by atoms with Crippen LogP contribution in [0.3, 0.4) is 0 Å². The van der Waals surface area contributed by atoms with Gasteiger partial charge in [0.15, 0.2) is 0 Å². The average molecular weight is 635 g/mol. The van der Waals surface area contributed by atoms with Crippen molar-refractivity contribution in [2.75, 3.05) is 44.2 Å². The van der Waals surface area contributed by atoms with Crippen LogP contribution in [0.1, 0.15) is 28.2 Å². The Kier molecular flexibility index (Phi) is 11.9. The highest BCUT2D eigenvalue weighted by Gasteiger charge is 2.22. The Morgan fingerprint density at radius 1 is 0.878 bits per heavy atom. The molecule has 0 unspecified atom stereocenters. The minimum atomic E-state index is -0.143. The lowest BCUT2D eigenvalue weighted by Crippen LogP contribution is -2.47. The molecule has 1 saturated heterocycles. The van der Waals surface area contributed by atoms with E-state index >= 15 is 0 Å². The maximum absolute atomic E-state index is 13.2. The van der Waals surface area contributed by atoms with Gasteiger partial charge >= 0.3 is 0 Å². The number of aromatic nitrogens is 2. The molecule has 218 valence electrons. The van der Waals surface area contributed by atoms with Crippen LogP contribution in [0.5, 0.6) is 0 Å². The van der Waals surface area contributed by atoms with Gasteiger partial charge in [0, 0.05) is 44.0 Å². The fraction of sp³-hybridized carbons (Fsp3) is 0.290. The number of imidazole rings is 1. The quantitative estimate of drug-likeness (QED) is 0.208. The molecule has 1 fully saturated rings. The van der Waals surface area contributed by atoms with Crippen LogP contribution in [0.2, 0.25) is 10.0 Å². The van der Waals surface area contributed by atoms with E-state index in [-0.39, 0.29) is 30.7 Å². The van der Waals surface area contributed by atoms with E-state index in [2.05, 4.69) is 50.9 Å². The molecule has 1 N–H and O–H groups in total. The smallest absolute Gasteiger partial charge is 0.271 e. The molecule has 2 heterocycles. The largest absolute Gasteiger partial charge is 0.368 e. The zero-order chi connectivity index (χ0) is 27.4. The number of carbonyl (C=O) groups is 1. The summed E-state index contributed by atoms with van der Waals surface area (Å²) in [6.45, 7) is 9.21. The number of hydrogen-bond acceptors (Lipinski definition) is 4. The number of halogens is 4. The maximum Gasteiger partial charge on any atom is 0.271 e. The highest BCUT2D eigenvalue weighted by Crippen LogP contribution is 2.33. The van der Waals surface area contributed by atoms with E-state index in [9.17, 15) is 4.79 Å². The first kappa shape index (κ1) is 32.8. The third-order valence-electron chi connectivity index (χ3n) is 7.23. The molecule has 1 aromatic heterocycles. The molecule has 0 saturated carbocycles. The topological polar surface area (TPSA) is 53.4 Å². The van der Waals surface area contributed by atoms with E-state index in [0.29, 0.717) is 22.3 Å². The summed E-state index contributed by atoms with van der Waals surface area (Å²) in [7, 11) is 0. The predicted octanol–water partition coefficient (Wildman–Crippen LogP) is 7.25. The fourth-order valence-electron chi connectivity index (χ4n) is 5.04. The molecule has 6 nitrogen and oxygen atoms in total. The second-order valence-corrected chi connectivity index (χ2v) is 10.7. The third-order valence-corrected chi connectivity index (χ3v) is 8.04. The van der Waals surface area contributed by atoms with Gasteiger partial charge in [0.1, 0.15) is 11.5 Å². The molecule has 1 aliphatic heterocycles. The fourth-order valence-corrected chi connectivity index (χ4v) is 5.46. The third kappa shape index (κ3) is 7.56. The molecular weight excluding hydrogens is 600 g/mol. The Morgan fingerprint density at radius 3 is 2.24 bits per heavy atom. The summed E-state index contributed by atoms with van der Waals surface area (Å²) in [5, 5.41) is 4.30. The molecule has 1 aliphatic rings. The minimum Gasteiger partial charge on any atom is -0.368 e. The van der Waals surface area contributed by atoms with Gasteiger partial charge in [-0.05, 0) is 51.1 Å². The molecule has 3 aromatic carbocycles. The van der Waals surface area contributed by atoms with Crippen molar-refractivity contribution < 1.29 is 4.79 Å². The monoisotopic (exact) mass is 633 g/mol. The van der Waals surface area contributed by atoms with Crippen LogP contribution in [-0.2, 0) is 0 Å². The Labute approximate surface area is 264 Å². The standard InChI is InChI=1S/C31H33Cl2N5O.2ClH/c1-22-12-14-25(15-13-22)38-23(2)29(35-30(38)24-8-4-3-5-9-24)31(39)34-16-7-17-36-18-20-37(21-19-36)27-11-6-10-26(32)28(27)33;;/h3-6,8-15H,7,16-21H2,1-2H3,(H,34,39);2*1H. The number of piperazine rings is 1. The molecule has 10 heteroatoms. The second-order valence-electron chi connectivity index (χ2n) is 9.92. The molecule has 5 rings (SSSR count). The van der Waals surface area contributed by atoms with Crippen LogP contribution in [0.25, 0.3) is 17.1 Å². The number of benzene rings is 3. The van der Waals surface area contributed by atoms with Gasteiger partial charge in [-0.1, -0.05) is 77.3 Å². The summed E-state index contributed by atoms with van der Waals surface area (Å²) < 4.78 is 2.06. The summed E-state index contributed by atoms with van der Waals surface area (Å²) in [5.74, 6) is 0.621. The first-order valence-electron chi connectivity index (χ1n) is 13.3. The van der Waals surface area contributed by atoms with E-state index in [4.69, 9.17) is 28.2 Å². The molecule has 0 atom stereocenters. The van der Waals surface area contributed by atoms with Gasteiger partial charge in [0.2, 0.25) is 0 Å². The van der Waals surface area contributed by atoms with E-state index in [1.54, 1.807) is 0 Å². The van der Waals surface area contributed by atoms with Crippen molar-refractivity contribution in [3.05, 3.63) is 99.8 Å². The molecule has 1 amide bonds. The Morgan fingerprint density at radius 2 is 1.56 bits per heavy atom. The van der Waals surface area contributed by atoms with Gasteiger partial charge in [-0.3, -0.25) is 14.3 Å². The average Bonchev–Trinajstić information content (AvgIpc) is 3.31. The molecule has 4 aromatic rings. The SMILES string of the molecule is Cc1ccc(-n2c(-c3ccccc3)nc(C(=O)NCCCN3CCN(c4cccc(Cl)c4Cl)CC3)c2C)cc1.Cl.Cl. The number of anilines is 1. The number of nitrogens with zero attached hydrogens (tertiary/aromatic N) is 4. The van der Waals surface area contributed by atoms with E-state index in [1.807, 2.05) is 55.5 Å². The lowest BCUT2D eigenvalue weighted by Gasteiger charge is -2.36. The van der Waals surface area contributed by atoms with Crippen molar-refractivity contribution in [3.63, 3.8) is 0 Å². The van der Waals surface area contributed by atoms with Crippen molar-refractivity contribution >= 4 is 59.6 Å². The van der Waals surface area contributed by atoms with Crippen molar-refractivity contribution in [1.82, 2.24) is 19.8 Å². The summed E-state index contributed by atoms with van der Waals surface area (Å²) in [6, 6.07) is 24.1. The lowest BCUT2D eigenvalue weighted by atomic mass is 10.2. The van der Waals surface area contributed by atoms with Crippen molar-refractivity contribution in [2.24, 2.45) is 0 Å². The summed E-state index contributed by atoms with van der Waals surface area (Å²) in [4.78, 5) is 22.7. The van der Waals surface area contributed by atoms with Crippen molar-refractivity contribution in [1.29, 1.82) is 0 Å². The predicted molar refractivity (Wildman–Crippen MR) is 175 cm³/mol. The Balaban J connectivity index is 0.00000231. The molecule has 0 aliphatic carbocycles. The normalized spacial score (nSPS) is 13.3. The van der Waals surface area contributed by atoms with Gasteiger partial charge in [-0.25, -0.2) is 4.98 Å². The van der Waals surface area contributed by atoms with Crippen molar-refractivity contribution in [3.8, 4) is 17.1 Å². The summed E-state index contributed by atoms with van der Waals surface area (Å²) >= 11 is 12.6. The van der Waals surface area contributed by atoms with E-state index in [1.165, 1.54) is 5.56 Å². The Hall–Kier alpha value is -2.74. The first-order chi connectivity index (χ1) is 18.9. The summed E-state index contributed by atoms with van der Waals surface area (Å²) in [6.07, 6.45) is 0.868. The van der Waals surface area contributed by atoms with Gasteiger partial charge in [0.25, 0.3) is 5.91 Å². The number of carbonyl (C=O) groups excluding carboxylic acids is 1. The molecule has 0 radical (unpaired) electrons. The molecule has 0 bridgehead atoms. The van der Waals surface area contributed by atoms with Gasteiger partial charge in [0.05, 0.1) is 21.4 Å². The molecule has 0 spiro atoms. The Bertz CT molecular complexity index is 1440. The van der Waals surface area contributed by atoms with E-state index < -0.39 is 0 Å². The van der Waals surface area contributed by atoms with Crippen LogP contribution in [0.15, 0.2) is 72.8 Å². The lowest BCUT2D eigenvalue weighted by molar-refractivity contribution is 0.0946. The molecular formula is C31H35Cl4N5O. The van der Waals surface area contributed by atoms with Crippen LogP contribution in [0.4, 0.5) is 5.69 Å². The highest BCUT2D eigenvalue weighted by atomic mass is 35.5. The van der Waals surface area contributed by atoms with E-state index in [0.717, 1.165) is 67.6 Å². The highest BCUT2D eigenvalue weighted by molar-refractivity contribution is 6.43. The zero-order valence-corrected chi connectivity index (χ0v) is 26.3. The number of amides is 1. The van der Waals surface area contributed by atoms with Gasteiger partial charge < -0.3 is 10.2 Å².